The van der Waals surface area contributed by atoms with Gasteiger partial charge in [-0.15, -0.1) is 68.7 Å². The molecule has 0 nitrogen and oxygen atoms in total. The minimum atomic E-state index is -2.44. The summed E-state index contributed by atoms with van der Waals surface area (Å²) in [6.45, 7) is 0. The largest absolute Gasteiger partial charge is 0.168 e. The summed E-state index contributed by atoms with van der Waals surface area (Å²) in [5.74, 6) is 0. The zero-order valence-electron chi connectivity index (χ0n) is 24.1. The molecule has 44 heavy (non-hydrogen) atoms. The van der Waals surface area contributed by atoms with Crippen molar-refractivity contribution in [1.29, 1.82) is 0 Å². The summed E-state index contributed by atoms with van der Waals surface area (Å²) in [7, 11) is 12.5. The predicted molar refractivity (Wildman–Crippen MR) is 190 cm³/mol. The van der Waals surface area contributed by atoms with Gasteiger partial charge in [-0.1, -0.05) is 78.4 Å². The predicted octanol–water partition coefficient (Wildman–Crippen LogP) is 12.1. The van der Waals surface area contributed by atoms with Crippen LogP contribution in [0.5, 0.6) is 0 Å². The molecule has 0 spiro atoms. The number of rotatable bonds is 3. The van der Waals surface area contributed by atoms with Crippen LogP contribution in [-0.4, -0.2) is 3.21 Å². The first-order valence-corrected chi connectivity index (χ1v) is 22.1. The third kappa shape index (κ3) is 7.25. The van der Waals surface area contributed by atoms with Crippen molar-refractivity contribution in [2.45, 2.75) is 0 Å². The summed E-state index contributed by atoms with van der Waals surface area (Å²) in [6.07, 6.45) is 0. The molecule has 214 valence electrons. The summed E-state index contributed by atoms with van der Waals surface area (Å²) in [4.78, 5) is 0. The van der Waals surface area contributed by atoms with E-state index in [2.05, 4.69) is 140 Å². The second-order valence-corrected chi connectivity index (χ2v) is 18.5. The van der Waals surface area contributed by atoms with Crippen LogP contribution in [-0.2, 0) is 18.9 Å². The Balaban J connectivity index is 0.000000117. The molecule has 0 aliphatic heterocycles. The molecule has 0 bridgehead atoms. The molecular formula is C41H30Cl2Zr-2. The van der Waals surface area contributed by atoms with Gasteiger partial charge in [0, 0.05) is 0 Å². The molecule has 0 N–H and O–H groups in total. The van der Waals surface area contributed by atoms with Crippen LogP contribution in [0.1, 0.15) is 11.1 Å². The van der Waals surface area contributed by atoms with E-state index in [1.54, 1.807) is 0 Å². The number of halogens is 2. The van der Waals surface area contributed by atoms with Gasteiger partial charge in [0.05, 0.1) is 0 Å². The Morgan fingerprint density at radius 2 is 0.955 bits per heavy atom. The topological polar surface area (TPSA) is 0 Å². The van der Waals surface area contributed by atoms with Gasteiger partial charge in [-0.25, -0.2) is 0 Å². The van der Waals surface area contributed by atoms with E-state index < -0.39 is 18.9 Å². The molecule has 0 heterocycles. The van der Waals surface area contributed by atoms with Gasteiger partial charge in [-0.05, 0) is 5.56 Å². The fourth-order valence-electron chi connectivity index (χ4n) is 5.43. The van der Waals surface area contributed by atoms with Crippen molar-refractivity contribution < 1.29 is 18.9 Å². The quantitative estimate of drug-likeness (QED) is 0.163. The van der Waals surface area contributed by atoms with E-state index >= 15 is 0 Å². The van der Waals surface area contributed by atoms with E-state index in [1.165, 1.54) is 43.4 Å². The minimum absolute atomic E-state index is 1.15. The average molecular weight is 685 g/mol. The van der Waals surface area contributed by atoms with Gasteiger partial charge in [-0.2, -0.15) is 12.1 Å². The zero-order valence-corrected chi connectivity index (χ0v) is 28.0. The number of hydrogen-bond donors (Lipinski definition) is 0. The van der Waals surface area contributed by atoms with Crippen molar-refractivity contribution in [3.8, 4) is 11.1 Å². The van der Waals surface area contributed by atoms with Crippen molar-refractivity contribution in [3.05, 3.63) is 193 Å². The molecule has 8 rings (SSSR count). The molecule has 0 aliphatic carbocycles. The minimum Gasteiger partial charge on any atom is -0.168 e. The molecule has 0 atom stereocenters. The van der Waals surface area contributed by atoms with Crippen molar-refractivity contribution in [1.82, 2.24) is 0 Å². The number of benzene rings is 6. The van der Waals surface area contributed by atoms with Crippen LogP contribution < -0.4 is 0 Å². The van der Waals surface area contributed by atoms with Crippen molar-refractivity contribution in [3.63, 3.8) is 0 Å². The van der Waals surface area contributed by atoms with E-state index in [-0.39, 0.29) is 0 Å². The molecule has 0 fully saturated rings. The number of hydrogen-bond acceptors (Lipinski definition) is 0. The van der Waals surface area contributed by atoms with Gasteiger partial charge in [-0.3, -0.25) is 0 Å². The van der Waals surface area contributed by atoms with Crippen molar-refractivity contribution in [2.24, 2.45) is 0 Å². The molecule has 0 amide bonds. The maximum Gasteiger partial charge on any atom is -0.0277 e. The van der Waals surface area contributed by atoms with Crippen LogP contribution in [0.4, 0.5) is 0 Å². The maximum absolute atomic E-state index is 6.24. The first-order chi connectivity index (χ1) is 21.7. The molecule has 0 aromatic heterocycles. The zero-order chi connectivity index (χ0) is 30.1. The second-order valence-electron chi connectivity index (χ2n) is 10.4. The van der Waals surface area contributed by atoms with Crippen LogP contribution in [0.3, 0.4) is 0 Å². The fraction of sp³-hybridized carbons (Fsp3) is 0. The molecule has 8 aromatic rings. The van der Waals surface area contributed by atoms with Crippen LogP contribution in [0.25, 0.3) is 43.4 Å². The number of fused-ring (bicyclic) bond motifs is 4. The standard InChI is InChI=1S/C15H11.C13H9.C13H10.2ClH.Zr/c1-2-5-12(6-3-1)15-10-9-13-7-4-8-14(13)11-15;1-3-7-12-10(5-1)9-11-6-2-4-8-13(11)12;1-3-7-12(8-4-1)11-13-9-5-2-6-10-13;;;/h1-11H;1-9H;1-10H;2*1H;/q2*-1;;;;+2/p-2. The smallest absolute Gasteiger partial charge is 0.0277 e. The molecule has 3 heteroatoms. The van der Waals surface area contributed by atoms with Crippen LogP contribution >= 0.6 is 17.0 Å². The third-order valence-corrected chi connectivity index (χ3v) is 12.2. The Labute approximate surface area is 273 Å². The molecule has 0 aliphatic rings. The van der Waals surface area contributed by atoms with E-state index in [4.69, 9.17) is 17.0 Å². The Kier molecular flexibility index (Phi) is 10.1. The average Bonchev–Trinajstić information content (AvgIpc) is 3.71. The van der Waals surface area contributed by atoms with Gasteiger partial charge >= 0.3 is 111 Å². The van der Waals surface area contributed by atoms with Gasteiger partial charge in [0.25, 0.3) is 0 Å². The van der Waals surface area contributed by atoms with Crippen molar-refractivity contribution in [2.75, 3.05) is 0 Å². The van der Waals surface area contributed by atoms with Gasteiger partial charge in [0.2, 0.25) is 0 Å². The van der Waals surface area contributed by atoms with E-state index in [0.29, 0.717) is 0 Å². The first kappa shape index (κ1) is 30.2. The SMILES string of the molecule is [Cl][Zr]([Cl])=[C](c1ccccc1)c1ccccc1.c1ccc(-c2ccc3cc[cH-]c3c2)cc1.c1ccc2c(c1)[cH-]c1ccccc12. The summed E-state index contributed by atoms with van der Waals surface area (Å²) in [5, 5.41) is 8.02. The van der Waals surface area contributed by atoms with E-state index in [9.17, 15) is 0 Å². The molecule has 0 saturated carbocycles. The van der Waals surface area contributed by atoms with Gasteiger partial charge < -0.3 is 0 Å². The Morgan fingerprint density at radius 1 is 0.455 bits per heavy atom. The Hall–Kier alpha value is -3.87. The van der Waals surface area contributed by atoms with Crippen LogP contribution in [0, 0.1) is 0 Å². The molecule has 0 saturated heterocycles. The van der Waals surface area contributed by atoms with E-state index in [0.717, 1.165) is 14.3 Å². The summed E-state index contributed by atoms with van der Waals surface area (Å²) < 4.78 is 1.15. The normalized spacial score (nSPS) is 10.5. The maximum atomic E-state index is 6.24. The van der Waals surface area contributed by atoms with Crippen LogP contribution in [0.15, 0.2) is 182 Å². The van der Waals surface area contributed by atoms with Gasteiger partial charge in [0.1, 0.15) is 0 Å². The summed E-state index contributed by atoms with van der Waals surface area (Å²) in [5.41, 5.74) is 4.86. The summed E-state index contributed by atoms with van der Waals surface area (Å²) in [6, 6.07) is 63.0. The Bertz CT molecular complexity index is 2030. The molecular weight excluding hydrogens is 655 g/mol. The third-order valence-electron chi connectivity index (χ3n) is 7.58. The monoisotopic (exact) mass is 682 g/mol. The second kappa shape index (κ2) is 14.7. The van der Waals surface area contributed by atoms with Crippen molar-refractivity contribution >= 4 is 52.5 Å². The van der Waals surface area contributed by atoms with Gasteiger partial charge in [0.15, 0.2) is 0 Å². The fourth-order valence-corrected chi connectivity index (χ4v) is 9.91. The van der Waals surface area contributed by atoms with Crippen LogP contribution in [0.2, 0.25) is 0 Å². The molecule has 8 aromatic carbocycles. The molecule has 0 unspecified atom stereocenters. The molecule has 0 radical (unpaired) electrons. The van der Waals surface area contributed by atoms with E-state index in [1.807, 2.05) is 42.5 Å². The Morgan fingerprint density at radius 3 is 1.50 bits per heavy atom. The first-order valence-electron chi connectivity index (χ1n) is 14.6. The summed E-state index contributed by atoms with van der Waals surface area (Å²) >= 11 is -2.44.